The molecule has 0 radical (unpaired) electrons. The average Bonchev–Trinajstić information content (AvgIpc) is 3.07. The number of rotatable bonds is 2. The number of hydrogen-bond donors (Lipinski definition) is 2. The van der Waals surface area contributed by atoms with Crippen LogP contribution < -0.4 is 5.73 Å². The number of carbonyl (C=O) groups excluding carboxylic acids is 1. The van der Waals surface area contributed by atoms with Crippen molar-refractivity contribution in [2.24, 2.45) is 11.7 Å². The number of fused-ring (bicyclic) bond motifs is 1. The van der Waals surface area contributed by atoms with E-state index in [9.17, 15) is 9.90 Å². The van der Waals surface area contributed by atoms with E-state index in [1.165, 1.54) is 0 Å². The molecule has 2 aromatic heterocycles. The van der Waals surface area contributed by atoms with Crippen molar-refractivity contribution in [2.45, 2.75) is 44.4 Å². The monoisotopic (exact) mass is 342 g/mol. The van der Waals surface area contributed by atoms with Crippen molar-refractivity contribution in [3.63, 3.8) is 0 Å². The third-order valence-electron chi connectivity index (χ3n) is 5.16. The summed E-state index contributed by atoms with van der Waals surface area (Å²) in [6.07, 6.45) is 5.42. The summed E-state index contributed by atoms with van der Waals surface area (Å²) in [5.74, 6) is 1.40. The van der Waals surface area contributed by atoms with Gasteiger partial charge in [-0.1, -0.05) is 0 Å². The van der Waals surface area contributed by atoms with Gasteiger partial charge in [-0.15, -0.1) is 0 Å². The molecular formula is C18H22N4O3. The number of amides is 1. The van der Waals surface area contributed by atoms with Gasteiger partial charge < -0.3 is 20.2 Å². The Bertz CT molecular complexity index is 761. The van der Waals surface area contributed by atoms with Crippen molar-refractivity contribution in [3.8, 4) is 11.5 Å². The molecule has 25 heavy (non-hydrogen) atoms. The largest absolute Gasteiger partial charge is 0.441 e. The van der Waals surface area contributed by atoms with Crippen LogP contribution in [0.4, 0.5) is 0 Å². The fourth-order valence-electron chi connectivity index (χ4n) is 3.67. The normalized spacial score (nSPS) is 26.3. The van der Waals surface area contributed by atoms with Crippen molar-refractivity contribution < 1.29 is 14.3 Å². The van der Waals surface area contributed by atoms with E-state index in [-0.39, 0.29) is 17.9 Å². The molecule has 1 aliphatic heterocycles. The van der Waals surface area contributed by atoms with Gasteiger partial charge in [0.05, 0.1) is 18.2 Å². The first-order valence-electron chi connectivity index (χ1n) is 8.73. The third kappa shape index (κ3) is 3.17. The lowest BCUT2D eigenvalue weighted by Crippen LogP contribution is -2.47. The smallest absolute Gasteiger partial charge is 0.228 e. The lowest BCUT2D eigenvalue weighted by molar-refractivity contribution is -0.138. The molecule has 3 atom stereocenters. The minimum atomic E-state index is -0.491. The van der Waals surface area contributed by atoms with E-state index in [0.29, 0.717) is 44.7 Å². The molecule has 0 bridgehead atoms. The Morgan fingerprint density at radius 1 is 1.40 bits per heavy atom. The first kappa shape index (κ1) is 16.2. The van der Waals surface area contributed by atoms with Gasteiger partial charge in [0, 0.05) is 37.3 Å². The molecule has 7 nitrogen and oxygen atoms in total. The summed E-state index contributed by atoms with van der Waals surface area (Å²) < 4.78 is 5.85. The second-order valence-electron chi connectivity index (χ2n) is 6.88. The topological polar surface area (TPSA) is 105 Å². The van der Waals surface area contributed by atoms with E-state index in [1.807, 2.05) is 17.0 Å². The number of carbonyl (C=O) groups is 1. The molecule has 2 aromatic rings. The van der Waals surface area contributed by atoms with Crippen LogP contribution in [-0.2, 0) is 17.8 Å². The van der Waals surface area contributed by atoms with Crippen LogP contribution in [0, 0.1) is 5.92 Å². The van der Waals surface area contributed by atoms with Crippen LogP contribution in [0.25, 0.3) is 11.5 Å². The Labute approximate surface area is 145 Å². The van der Waals surface area contributed by atoms with E-state index in [1.54, 1.807) is 12.4 Å². The summed E-state index contributed by atoms with van der Waals surface area (Å²) in [7, 11) is 0. The van der Waals surface area contributed by atoms with Crippen LogP contribution in [-0.4, -0.2) is 44.6 Å². The van der Waals surface area contributed by atoms with Gasteiger partial charge in [0.1, 0.15) is 11.5 Å². The summed E-state index contributed by atoms with van der Waals surface area (Å²) in [5, 5.41) is 9.75. The van der Waals surface area contributed by atoms with Gasteiger partial charge in [-0.3, -0.25) is 9.78 Å². The minimum absolute atomic E-state index is 0.107. The van der Waals surface area contributed by atoms with Crippen LogP contribution in [0.3, 0.4) is 0 Å². The number of aliphatic hydroxyl groups excluding tert-OH is 1. The Kier molecular flexibility index (Phi) is 4.27. The molecule has 1 amide bonds. The molecule has 0 spiro atoms. The highest BCUT2D eigenvalue weighted by atomic mass is 16.4. The van der Waals surface area contributed by atoms with E-state index in [0.717, 1.165) is 17.0 Å². The highest BCUT2D eigenvalue weighted by Crippen LogP contribution is 2.29. The maximum Gasteiger partial charge on any atom is 0.228 e. The number of hydrogen-bond acceptors (Lipinski definition) is 6. The van der Waals surface area contributed by atoms with Gasteiger partial charge in [0.15, 0.2) is 0 Å². The van der Waals surface area contributed by atoms with Crippen molar-refractivity contribution in [2.75, 3.05) is 6.54 Å². The quantitative estimate of drug-likeness (QED) is 0.847. The van der Waals surface area contributed by atoms with Crippen LogP contribution in [0.1, 0.15) is 30.7 Å². The molecule has 2 aliphatic rings. The van der Waals surface area contributed by atoms with E-state index in [4.69, 9.17) is 10.2 Å². The fraction of sp³-hybridized carbons (Fsp3) is 0.500. The molecule has 0 saturated heterocycles. The molecule has 1 saturated carbocycles. The highest BCUT2D eigenvalue weighted by Gasteiger charge is 2.35. The Hall–Kier alpha value is -2.25. The SMILES string of the molecule is N[C@@H]1C[C@@H](C(=O)N2CCc3oc(-c4cccnc4)nc3C2)CC[C@H]1O. The van der Waals surface area contributed by atoms with Crippen molar-refractivity contribution in [3.05, 3.63) is 36.0 Å². The molecule has 7 heteroatoms. The summed E-state index contributed by atoms with van der Waals surface area (Å²) in [4.78, 5) is 23.3. The zero-order chi connectivity index (χ0) is 17.4. The molecule has 1 fully saturated rings. The summed E-state index contributed by atoms with van der Waals surface area (Å²) in [5.41, 5.74) is 7.58. The number of pyridine rings is 1. The van der Waals surface area contributed by atoms with Gasteiger partial charge in [-0.05, 0) is 31.4 Å². The van der Waals surface area contributed by atoms with Gasteiger partial charge in [-0.25, -0.2) is 4.98 Å². The van der Waals surface area contributed by atoms with E-state index in [2.05, 4.69) is 9.97 Å². The van der Waals surface area contributed by atoms with E-state index >= 15 is 0 Å². The third-order valence-corrected chi connectivity index (χ3v) is 5.16. The summed E-state index contributed by atoms with van der Waals surface area (Å²) >= 11 is 0. The number of oxazole rings is 1. The maximum atomic E-state index is 12.8. The predicted molar refractivity (Wildman–Crippen MR) is 90.2 cm³/mol. The average molecular weight is 342 g/mol. The summed E-state index contributed by atoms with van der Waals surface area (Å²) in [6, 6.07) is 3.43. The van der Waals surface area contributed by atoms with Gasteiger partial charge in [0.25, 0.3) is 0 Å². The van der Waals surface area contributed by atoms with Crippen LogP contribution in [0.5, 0.6) is 0 Å². The Balaban J connectivity index is 1.48. The zero-order valence-electron chi connectivity index (χ0n) is 14.0. The molecule has 3 N–H and O–H groups in total. The van der Waals surface area contributed by atoms with Gasteiger partial charge in [-0.2, -0.15) is 0 Å². The standard InChI is InChI=1S/C18H22N4O3/c19-13-8-11(3-4-15(13)23)18(24)22-7-5-16-14(10-22)21-17(25-16)12-2-1-6-20-9-12/h1-2,6,9,11,13,15,23H,3-5,7-8,10,19H2/t11-,13+,15+/m0/s1. The molecular weight excluding hydrogens is 320 g/mol. The second kappa shape index (κ2) is 6.57. The Morgan fingerprint density at radius 2 is 2.28 bits per heavy atom. The second-order valence-corrected chi connectivity index (χ2v) is 6.88. The van der Waals surface area contributed by atoms with Gasteiger partial charge >= 0.3 is 0 Å². The Morgan fingerprint density at radius 3 is 3.04 bits per heavy atom. The molecule has 132 valence electrons. The number of aromatic nitrogens is 2. The van der Waals surface area contributed by atoms with Crippen LogP contribution in [0.15, 0.2) is 28.9 Å². The number of nitrogens with zero attached hydrogens (tertiary/aromatic N) is 3. The molecule has 0 unspecified atom stereocenters. The first-order valence-corrected chi connectivity index (χ1v) is 8.73. The molecule has 3 heterocycles. The minimum Gasteiger partial charge on any atom is -0.441 e. The predicted octanol–water partition coefficient (Wildman–Crippen LogP) is 1.11. The molecule has 4 rings (SSSR count). The highest BCUT2D eigenvalue weighted by molar-refractivity contribution is 5.79. The van der Waals surface area contributed by atoms with Crippen LogP contribution in [0.2, 0.25) is 0 Å². The lowest BCUT2D eigenvalue weighted by atomic mass is 9.83. The van der Waals surface area contributed by atoms with Crippen LogP contribution >= 0.6 is 0 Å². The summed E-state index contributed by atoms with van der Waals surface area (Å²) in [6.45, 7) is 1.09. The molecule has 1 aliphatic carbocycles. The number of aliphatic hydroxyl groups is 1. The van der Waals surface area contributed by atoms with Gasteiger partial charge in [0.2, 0.25) is 11.8 Å². The van der Waals surface area contributed by atoms with Crippen molar-refractivity contribution in [1.82, 2.24) is 14.9 Å². The first-order chi connectivity index (χ1) is 12.1. The molecule has 0 aromatic carbocycles. The number of nitrogens with two attached hydrogens (primary N) is 1. The maximum absolute atomic E-state index is 12.8. The van der Waals surface area contributed by atoms with E-state index < -0.39 is 6.10 Å². The lowest BCUT2D eigenvalue weighted by Gasteiger charge is -2.34. The van der Waals surface area contributed by atoms with Crippen molar-refractivity contribution in [1.29, 1.82) is 0 Å². The van der Waals surface area contributed by atoms with Crippen molar-refractivity contribution >= 4 is 5.91 Å². The zero-order valence-corrected chi connectivity index (χ0v) is 14.0. The fourth-order valence-corrected chi connectivity index (χ4v) is 3.67.